The second-order valence-electron chi connectivity index (χ2n) is 6.00. The summed E-state index contributed by atoms with van der Waals surface area (Å²) >= 11 is 0. The van der Waals surface area contributed by atoms with Crippen LogP contribution in [-0.4, -0.2) is 40.1 Å². The number of carbonyl (C=O) groups excluding carboxylic acids is 2. The summed E-state index contributed by atoms with van der Waals surface area (Å²) < 4.78 is 4.64. The lowest BCUT2D eigenvalue weighted by Crippen LogP contribution is -2.53. The van der Waals surface area contributed by atoms with E-state index >= 15 is 0 Å². The summed E-state index contributed by atoms with van der Waals surface area (Å²) in [5, 5.41) is 9.06. The monoisotopic (exact) mass is 296 g/mol. The van der Waals surface area contributed by atoms with Gasteiger partial charge in [0.05, 0.1) is 0 Å². The van der Waals surface area contributed by atoms with E-state index in [1.807, 2.05) is 34.6 Å². The zero-order valence-corrected chi connectivity index (χ0v) is 13.3. The molecule has 0 aliphatic carbocycles. The normalized spacial score (nSPS) is 12.6. The highest BCUT2D eigenvalue weighted by atomic mass is 16.5. The molecule has 7 heteroatoms. The third kappa shape index (κ3) is 5.85. The predicted molar refractivity (Wildman–Crippen MR) is 79.9 cm³/mol. The molecule has 1 heterocycles. The number of hydrogen-bond acceptors (Lipinski definition) is 4. The number of urea groups is 1. The molecule has 0 radical (unpaired) electrons. The van der Waals surface area contributed by atoms with Gasteiger partial charge in [-0.15, -0.1) is 0 Å². The molecular formula is C14H24N4O3. The first-order valence-electron chi connectivity index (χ1n) is 7.02. The molecule has 21 heavy (non-hydrogen) atoms. The van der Waals surface area contributed by atoms with Crippen LogP contribution >= 0.6 is 0 Å². The Morgan fingerprint density at radius 3 is 2.57 bits per heavy atom. The molecular weight excluding hydrogens is 272 g/mol. The molecule has 1 aromatic heterocycles. The molecule has 1 unspecified atom stereocenters. The molecule has 0 fully saturated rings. The summed E-state index contributed by atoms with van der Waals surface area (Å²) in [5.74, 6) is 0.0218. The van der Waals surface area contributed by atoms with Crippen LogP contribution in [0, 0.1) is 0 Å². The van der Waals surface area contributed by atoms with Crippen molar-refractivity contribution in [3.8, 4) is 0 Å². The largest absolute Gasteiger partial charge is 0.363 e. The van der Waals surface area contributed by atoms with Crippen molar-refractivity contribution < 1.29 is 14.1 Å². The summed E-state index contributed by atoms with van der Waals surface area (Å²) in [6, 6.07) is 1.24. The van der Waals surface area contributed by atoms with Gasteiger partial charge in [-0.3, -0.25) is 4.79 Å². The zero-order valence-electron chi connectivity index (χ0n) is 13.3. The third-order valence-corrected chi connectivity index (χ3v) is 2.88. The second-order valence-corrected chi connectivity index (χ2v) is 6.00. The molecule has 0 aromatic carbocycles. The lowest BCUT2D eigenvalue weighted by molar-refractivity contribution is -0.117. The van der Waals surface area contributed by atoms with Gasteiger partial charge in [0.2, 0.25) is 5.91 Å². The molecule has 0 saturated carbocycles. The molecule has 0 spiro atoms. The average molecular weight is 296 g/mol. The van der Waals surface area contributed by atoms with E-state index in [0.29, 0.717) is 5.82 Å². The van der Waals surface area contributed by atoms with Crippen LogP contribution in [0.15, 0.2) is 16.9 Å². The number of hydrogen-bond donors (Lipinski definition) is 2. The van der Waals surface area contributed by atoms with Crippen LogP contribution in [0.3, 0.4) is 0 Å². The van der Waals surface area contributed by atoms with Crippen molar-refractivity contribution in [3.05, 3.63) is 12.3 Å². The van der Waals surface area contributed by atoms with Crippen molar-refractivity contribution >= 4 is 17.8 Å². The molecule has 0 bridgehead atoms. The minimum absolute atomic E-state index is 0.0379. The molecule has 1 aromatic rings. The van der Waals surface area contributed by atoms with E-state index in [0.717, 1.165) is 6.42 Å². The maximum Gasteiger partial charge on any atom is 0.318 e. The van der Waals surface area contributed by atoms with Gasteiger partial charge in [0, 0.05) is 17.6 Å². The topological polar surface area (TPSA) is 87.5 Å². The first-order chi connectivity index (χ1) is 9.73. The average Bonchev–Trinajstić information content (AvgIpc) is 2.85. The quantitative estimate of drug-likeness (QED) is 0.872. The summed E-state index contributed by atoms with van der Waals surface area (Å²) in [6.07, 6.45) is 2.13. The fraction of sp³-hybridized carbons (Fsp3) is 0.643. The van der Waals surface area contributed by atoms with E-state index in [9.17, 15) is 9.59 Å². The molecule has 0 aliphatic rings. The van der Waals surface area contributed by atoms with Crippen molar-refractivity contribution in [1.82, 2.24) is 15.4 Å². The molecule has 118 valence electrons. The maximum atomic E-state index is 12.3. The highest BCUT2D eigenvalue weighted by Gasteiger charge is 2.25. The van der Waals surface area contributed by atoms with Crippen LogP contribution < -0.4 is 10.6 Å². The van der Waals surface area contributed by atoms with Gasteiger partial charge in [0.25, 0.3) is 0 Å². The molecule has 3 amide bonds. The minimum atomic E-state index is -0.356. The lowest BCUT2D eigenvalue weighted by atomic mass is 10.1. The highest BCUT2D eigenvalue weighted by molar-refractivity contribution is 5.93. The van der Waals surface area contributed by atoms with E-state index in [1.165, 1.54) is 11.2 Å². The lowest BCUT2D eigenvalue weighted by Gasteiger charge is -2.31. The summed E-state index contributed by atoms with van der Waals surface area (Å²) in [5.41, 5.74) is -0.356. The van der Waals surface area contributed by atoms with Crippen molar-refractivity contribution in [3.63, 3.8) is 0 Å². The highest BCUT2D eigenvalue weighted by Crippen LogP contribution is 2.08. The van der Waals surface area contributed by atoms with Crippen LogP contribution in [0.5, 0.6) is 0 Å². The van der Waals surface area contributed by atoms with Crippen molar-refractivity contribution in [1.29, 1.82) is 0 Å². The second kappa shape index (κ2) is 7.10. The van der Waals surface area contributed by atoms with Gasteiger partial charge in [-0.25, -0.2) is 4.79 Å². The van der Waals surface area contributed by atoms with Crippen LogP contribution in [0.1, 0.15) is 41.0 Å². The number of nitrogens with zero attached hydrogens (tertiary/aromatic N) is 2. The Bertz CT molecular complexity index is 465. The van der Waals surface area contributed by atoms with E-state index in [-0.39, 0.29) is 30.1 Å². The Hall–Kier alpha value is -2.05. The number of anilines is 1. The fourth-order valence-corrected chi connectivity index (χ4v) is 1.65. The Morgan fingerprint density at radius 2 is 2.10 bits per heavy atom. The van der Waals surface area contributed by atoms with E-state index < -0.39 is 0 Å². The number of carbonyl (C=O) groups is 2. The summed E-state index contributed by atoms with van der Waals surface area (Å²) in [4.78, 5) is 25.8. The maximum absolute atomic E-state index is 12.3. The number of amides is 3. The number of nitrogens with one attached hydrogen (secondary N) is 2. The van der Waals surface area contributed by atoms with Crippen molar-refractivity contribution in [2.24, 2.45) is 0 Å². The SMILES string of the molecule is CCC(C)N(CC(=O)Nc1ccon1)C(=O)NC(C)(C)C. The first-order valence-corrected chi connectivity index (χ1v) is 7.02. The zero-order chi connectivity index (χ0) is 16.0. The van der Waals surface area contributed by atoms with Crippen molar-refractivity contribution in [2.45, 2.75) is 52.6 Å². The van der Waals surface area contributed by atoms with Gasteiger partial charge in [-0.1, -0.05) is 12.1 Å². The third-order valence-electron chi connectivity index (χ3n) is 2.88. The van der Waals surface area contributed by atoms with Gasteiger partial charge in [-0.2, -0.15) is 0 Å². The number of aromatic nitrogens is 1. The Labute approximate surface area is 125 Å². The van der Waals surface area contributed by atoms with Gasteiger partial charge in [0.15, 0.2) is 5.82 Å². The fourth-order valence-electron chi connectivity index (χ4n) is 1.65. The molecule has 1 atom stereocenters. The van der Waals surface area contributed by atoms with Gasteiger partial charge >= 0.3 is 6.03 Å². The van der Waals surface area contributed by atoms with Gasteiger partial charge in [0.1, 0.15) is 12.8 Å². The Balaban J connectivity index is 2.69. The molecule has 2 N–H and O–H groups in total. The van der Waals surface area contributed by atoms with Gasteiger partial charge in [-0.05, 0) is 34.1 Å². The number of rotatable bonds is 5. The Kier molecular flexibility index (Phi) is 5.75. The molecule has 0 saturated heterocycles. The summed E-state index contributed by atoms with van der Waals surface area (Å²) in [6.45, 7) is 9.53. The van der Waals surface area contributed by atoms with Crippen LogP contribution in [0.4, 0.5) is 10.6 Å². The van der Waals surface area contributed by atoms with E-state index in [2.05, 4.69) is 20.3 Å². The molecule has 0 aliphatic heterocycles. The smallest absolute Gasteiger partial charge is 0.318 e. The first kappa shape index (κ1) is 17.0. The molecule has 1 rings (SSSR count). The standard InChI is InChI=1S/C14H24N4O3/c1-6-10(2)18(13(20)16-14(3,4)5)9-12(19)15-11-7-8-21-17-11/h7-8,10H,6,9H2,1-5H3,(H,16,20)(H,15,17,19). The summed E-state index contributed by atoms with van der Waals surface area (Å²) in [7, 11) is 0. The van der Waals surface area contributed by atoms with E-state index in [4.69, 9.17) is 0 Å². The molecule has 7 nitrogen and oxygen atoms in total. The van der Waals surface area contributed by atoms with Gasteiger partial charge < -0.3 is 20.1 Å². The van der Waals surface area contributed by atoms with Crippen LogP contribution in [0.25, 0.3) is 0 Å². The van der Waals surface area contributed by atoms with E-state index in [1.54, 1.807) is 6.07 Å². The minimum Gasteiger partial charge on any atom is -0.363 e. The van der Waals surface area contributed by atoms with Crippen molar-refractivity contribution in [2.75, 3.05) is 11.9 Å². The Morgan fingerprint density at radius 1 is 1.43 bits per heavy atom. The van der Waals surface area contributed by atoms with Crippen LogP contribution in [0.2, 0.25) is 0 Å². The van der Waals surface area contributed by atoms with Crippen LogP contribution in [-0.2, 0) is 4.79 Å². The predicted octanol–water partition coefficient (Wildman–Crippen LogP) is 2.22.